The van der Waals surface area contributed by atoms with E-state index in [9.17, 15) is 9.59 Å². The highest BCUT2D eigenvalue weighted by Crippen LogP contribution is 2.23. The van der Waals surface area contributed by atoms with Crippen molar-refractivity contribution in [3.63, 3.8) is 0 Å². The van der Waals surface area contributed by atoms with E-state index in [0.29, 0.717) is 6.54 Å². The Balaban J connectivity index is 2.81. The number of carbonyl (C=O) groups excluding carboxylic acids is 1. The molecule has 0 spiro atoms. The van der Waals surface area contributed by atoms with Crippen molar-refractivity contribution in [3.05, 3.63) is 30.1 Å². The first kappa shape index (κ1) is 16.1. The Hall–Kier alpha value is -1.91. The van der Waals surface area contributed by atoms with Gasteiger partial charge in [-0.1, -0.05) is 6.07 Å². The zero-order valence-electron chi connectivity index (χ0n) is 12.5. The molecule has 20 heavy (non-hydrogen) atoms. The number of carboxylic acids is 1. The number of pyridine rings is 1. The highest BCUT2D eigenvalue weighted by atomic mass is 16.4. The third kappa shape index (κ3) is 4.33. The molecule has 0 aliphatic carbocycles. The van der Waals surface area contributed by atoms with Gasteiger partial charge in [-0.25, -0.2) is 0 Å². The van der Waals surface area contributed by atoms with E-state index in [4.69, 9.17) is 5.11 Å². The third-order valence-corrected chi connectivity index (χ3v) is 3.17. The molecule has 0 aliphatic rings. The lowest BCUT2D eigenvalue weighted by molar-refractivity contribution is -0.152. The minimum Gasteiger partial charge on any atom is -0.481 e. The molecule has 1 N–H and O–H groups in total. The molecule has 0 bridgehead atoms. The van der Waals surface area contributed by atoms with Crippen molar-refractivity contribution >= 4 is 11.9 Å². The summed E-state index contributed by atoms with van der Waals surface area (Å²) in [5, 5.41) is 9.12. The van der Waals surface area contributed by atoms with E-state index in [-0.39, 0.29) is 18.4 Å². The summed E-state index contributed by atoms with van der Waals surface area (Å²) >= 11 is 0. The van der Waals surface area contributed by atoms with E-state index in [2.05, 4.69) is 4.98 Å². The number of hydrogen-bond acceptors (Lipinski definition) is 3. The molecule has 0 atom stereocenters. The van der Waals surface area contributed by atoms with Gasteiger partial charge in [-0.05, 0) is 39.8 Å². The number of carboxylic acid groups (broad SMARTS) is 1. The largest absolute Gasteiger partial charge is 0.481 e. The Morgan fingerprint density at radius 1 is 1.35 bits per heavy atom. The number of hydrogen-bond donors (Lipinski definition) is 1. The standard InChI is InChI=1S/C15H22N2O3/c1-11(2)17(10-12-7-5-6-8-16-12)13(18)9-15(3,4)14(19)20/h5-8,11H,9-10H2,1-4H3,(H,19,20). The molecule has 0 fully saturated rings. The molecule has 0 saturated heterocycles. The van der Waals surface area contributed by atoms with Crippen molar-refractivity contribution < 1.29 is 14.7 Å². The van der Waals surface area contributed by atoms with Crippen molar-refractivity contribution in [3.8, 4) is 0 Å². The van der Waals surface area contributed by atoms with Gasteiger partial charge in [-0.3, -0.25) is 14.6 Å². The molecule has 0 saturated carbocycles. The fourth-order valence-corrected chi connectivity index (χ4v) is 1.78. The monoisotopic (exact) mass is 278 g/mol. The molecular formula is C15H22N2O3. The first-order valence-electron chi connectivity index (χ1n) is 6.67. The van der Waals surface area contributed by atoms with Gasteiger partial charge in [-0.2, -0.15) is 0 Å². The van der Waals surface area contributed by atoms with Crippen LogP contribution in [0.1, 0.15) is 39.8 Å². The predicted octanol–water partition coefficient (Wildman–Crippen LogP) is 2.32. The molecule has 1 rings (SSSR count). The molecule has 1 heterocycles. The van der Waals surface area contributed by atoms with E-state index < -0.39 is 11.4 Å². The zero-order chi connectivity index (χ0) is 15.3. The third-order valence-electron chi connectivity index (χ3n) is 3.17. The van der Waals surface area contributed by atoms with Crippen LogP contribution in [-0.2, 0) is 16.1 Å². The van der Waals surface area contributed by atoms with Crippen LogP contribution in [0, 0.1) is 5.41 Å². The lowest BCUT2D eigenvalue weighted by atomic mass is 9.89. The quantitative estimate of drug-likeness (QED) is 0.867. The summed E-state index contributed by atoms with van der Waals surface area (Å²) in [4.78, 5) is 29.3. The lowest BCUT2D eigenvalue weighted by Crippen LogP contribution is -2.40. The Morgan fingerprint density at radius 3 is 2.45 bits per heavy atom. The van der Waals surface area contributed by atoms with Gasteiger partial charge >= 0.3 is 5.97 Å². The summed E-state index contributed by atoms with van der Waals surface area (Å²) in [6.45, 7) is 7.34. The summed E-state index contributed by atoms with van der Waals surface area (Å²) in [5.74, 6) is -1.13. The van der Waals surface area contributed by atoms with E-state index in [0.717, 1.165) is 5.69 Å². The van der Waals surface area contributed by atoms with Crippen LogP contribution in [0.2, 0.25) is 0 Å². The molecule has 1 aromatic heterocycles. The van der Waals surface area contributed by atoms with Crippen LogP contribution in [0.3, 0.4) is 0 Å². The highest BCUT2D eigenvalue weighted by molar-refractivity contribution is 5.84. The Labute approximate surface area is 119 Å². The Morgan fingerprint density at radius 2 is 2.00 bits per heavy atom. The van der Waals surface area contributed by atoms with E-state index in [1.54, 1.807) is 24.9 Å². The fourth-order valence-electron chi connectivity index (χ4n) is 1.78. The van der Waals surface area contributed by atoms with Gasteiger partial charge in [0.15, 0.2) is 0 Å². The maximum atomic E-state index is 12.3. The number of aromatic nitrogens is 1. The minimum absolute atomic E-state index is 0.00546. The molecule has 0 unspecified atom stereocenters. The molecule has 1 aromatic rings. The molecule has 110 valence electrons. The van der Waals surface area contributed by atoms with Gasteiger partial charge in [0.1, 0.15) is 0 Å². The maximum absolute atomic E-state index is 12.3. The predicted molar refractivity (Wildman–Crippen MR) is 76.0 cm³/mol. The van der Waals surface area contributed by atoms with Crippen molar-refractivity contribution in [2.24, 2.45) is 5.41 Å². The minimum atomic E-state index is -1.06. The van der Waals surface area contributed by atoms with Gasteiger partial charge in [0.05, 0.1) is 17.7 Å². The van der Waals surface area contributed by atoms with Crippen LogP contribution in [0.15, 0.2) is 24.4 Å². The van der Waals surface area contributed by atoms with Crippen LogP contribution >= 0.6 is 0 Å². The second kappa shape index (κ2) is 6.50. The van der Waals surface area contributed by atoms with Crippen LogP contribution in [0.4, 0.5) is 0 Å². The SMILES string of the molecule is CC(C)N(Cc1ccccn1)C(=O)CC(C)(C)C(=O)O. The van der Waals surface area contributed by atoms with Crippen LogP contribution in [0.5, 0.6) is 0 Å². The van der Waals surface area contributed by atoms with E-state index >= 15 is 0 Å². The van der Waals surface area contributed by atoms with Gasteiger partial charge in [0, 0.05) is 18.7 Å². The fraction of sp³-hybridized carbons (Fsp3) is 0.533. The van der Waals surface area contributed by atoms with Crippen LogP contribution < -0.4 is 0 Å². The Bertz CT molecular complexity index is 469. The van der Waals surface area contributed by atoms with Crippen molar-refractivity contribution in [2.45, 2.75) is 46.7 Å². The molecule has 0 aliphatic heterocycles. The van der Waals surface area contributed by atoms with Crippen molar-refractivity contribution in [2.75, 3.05) is 0 Å². The normalized spacial score (nSPS) is 11.4. The first-order valence-corrected chi connectivity index (χ1v) is 6.67. The smallest absolute Gasteiger partial charge is 0.309 e. The summed E-state index contributed by atoms with van der Waals surface area (Å²) in [5.41, 5.74) is -0.267. The maximum Gasteiger partial charge on any atom is 0.309 e. The summed E-state index contributed by atoms with van der Waals surface area (Å²) in [6, 6.07) is 5.53. The number of aliphatic carboxylic acids is 1. The van der Waals surface area contributed by atoms with E-state index in [1.807, 2.05) is 32.0 Å². The topological polar surface area (TPSA) is 70.5 Å². The number of carbonyl (C=O) groups is 2. The average Bonchev–Trinajstić information content (AvgIpc) is 2.36. The van der Waals surface area contributed by atoms with Crippen LogP contribution in [0.25, 0.3) is 0 Å². The van der Waals surface area contributed by atoms with Gasteiger partial charge < -0.3 is 10.0 Å². The summed E-state index contributed by atoms with van der Waals surface area (Å²) in [7, 11) is 0. The second-order valence-corrected chi connectivity index (χ2v) is 5.80. The number of nitrogens with zero attached hydrogens (tertiary/aromatic N) is 2. The highest BCUT2D eigenvalue weighted by Gasteiger charge is 2.32. The van der Waals surface area contributed by atoms with Gasteiger partial charge in [-0.15, -0.1) is 0 Å². The zero-order valence-corrected chi connectivity index (χ0v) is 12.5. The second-order valence-electron chi connectivity index (χ2n) is 5.80. The first-order chi connectivity index (χ1) is 9.24. The average molecular weight is 278 g/mol. The lowest BCUT2D eigenvalue weighted by Gasteiger charge is -2.29. The number of rotatable bonds is 6. The van der Waals surface area contributed by atoms with Gasteiger partial charge in [0.25, 0.3) is 0 Å². The van der Waals surface area contributed by atoms with Gasteiger partial charge in [0.2, 0.25) is 5.91 Å². The summed E-state index contributed by atoms with van der Waals surface area (Å²) in [6.07, 6.45) is 1.66. The molecular weight excluding hydrogens is 256 g/mol. The van der Waals surface area contributed by atoms with Crippen molar-refractivity contribution in [1.82, 2.24) is 9.88 Å². The summed E-state index contributed by atoms with van der Waals surface area (Å²) < 4.78 is 0. The molecule has 1 amide bonds. The molecule has 5 nitrogen and oxygen atoms in total. The van der Waals surface area contributed by atoms with Crippen molar-refractivity contribution in [1.29, 1.82) is 0 Å². The molecule has 0 radical (unpaired) electrons. The van der Waals surface area contributed by atoms with Crippen LogP contribution in [-0.4, -0.2) is 32.9 Å². The van der Waals surface area contributed by atoms with E-state index in [1.165, 1.54) is 0 Å². The molecule has 0 aromatic carbocycles. The molecule has 5 heteroatoms. The number of amides is 1. The Kier molecular flexibility index (Phi) is 5.25.